The molecule has 0 bridgehead atoms. The fourth-order valence-electron chi connectivity index (χ4n) is 2.47. The van der Waals surface area contributed by atoms with Crippen LogP contribution in [0.5, 0.6) is 0 Å². The lowest BCUT2D eigenvalue weighted by Crippen LogP contribution is -2.55. The minimum Gasteiger partial charge on any atom is -0.459 e. The number of hydrogen-bond donors (Lipinski definition) is 4. The van der Waals surface area contributed by atoms with Crippen molar-refractivity contribution in [2.24, 2.45) is 0 Å². The number of carbonyl (C=O) groups excluding carboxylic acids is 1. The van der Waals surface area contributed by atoms with Gasteiger partial charge in [-0.25, -0.2) is 4.79 Å². The molecule has 0 unspecified atom stereocenters. The van der Waals surface area contributed by atoms with Crippen LogP contribution in [-0.4, -0.2) is 63.5 Å². The molecule has 0 spiro atoms. The third kappa shape index (κ3) is 3.88. The lowest BCUT2D eigenvalue weighted by Gasteiger charge is -2.40. The molecule has 1 fully saturated rings. The Hall–Kier alpha value is -1.51. The number of esters is 1. The maximum absolute atomic E-state index is 11.8. The number of hydrogen-bond acceptors (Lipinski definition) is 7. The van der Waals surface area contributed by atoms with Crippen LogP contribution in [0.1, 0.15) is 35.9 Å². The van der Waals surface area contributed by atoms with Gasteiger partial charge >= 0.3 is 5.97 Å². The van der Waals surface area contributed by atoms with Gasteiger partial charge in [-0.2, -0.15) is 0 Å². The molecule has 1 aromatic carbocycles. The van der Waals surface area contributed by atoms with E-state index in [9.17, 15) is 25.2 Å². The van der Waals surface area contributed by atoms with E-state index in [-0.39, 0.29) is 6.10 Å². The van der Waals surface area contributed by atoms with Crippen LogP contribution in [0.4, 0.5) is 0 Å². The van der Waals surface area contributed by atoms with Crippen molar-refractivity contribution >= 4 is 5.97 Å². The van der Waals surface area contributed by atoms with Crippen molar-refractivity contribution in [2.75, 3.05) is 6.61 Å². The van der Waals surface area contributed by atoms with E-state index in [0.29, 0.717) is 11.1 Å². The minimum absolute atomic E-state index is 0.229. The number of benzene rings is 1. The molecule has 0 aliphatic carbocycles. The van der Waals surface area contributed by atoms with Gasteiger partial charge in [0, 0.05) is 0 Å². The van der Waals surface area contributed by atoms with E-state index in [2.05, 4.69) is 0 Å². The van der Waals surface area contributed by atoms with Gasteiger partial charge < -0.3 is 29.9 Å². The molecule has 0 amide bonds. The first-order valence-electron chi connectivity index (χ1n) is 7.46. The molecule has 128 valence electrons. The smallest absolute Gasteiger partial charge is 0.338 e. The van der Waals surface area contributed by atoms with Crippen molar-refractivity contribution in [3.05, 3.63) is 35.4 Å². The van der Waals surface area contributed by atoms with E-state index >= 15 is 0 Å². The highest BCUT2D eigenvalue weighted by Crippen LogP contribution is 2.32. The summed E-state index contributed by atoms with van der Waals surface area (Å²) in [5.41, 5.74) is 0.870. The second-order valence-corrected chi connectivity index (χ2v) is 5.83. The number of aliphatic hydroxyl groups excluding tert-OH is 4. The Morgan fingerprint density at radius 3 is 2.26 bits per heavy atom. The van der Waals surface area contributed by atoms with Gasteiger partial charge in [0.15, 0.2) is 0 Å². The van der Waals surface area contributed by atoms with Gasteiger partial charge in [-0.05, 0) is 31.5 Å². The third-order valence-corrected chi connectivity index (χ3v) is 3.71. The highest BCUT2D eigenvalue weighted by atomic mass is 16.5. The van der Waals surface area contributed by atoms with E-state index in [4.69, 9.17) is 9.47 Å². The van der Waals surface area contributed by atoms with Crippen molar-refractivity contribution in [2.45, 2.75) is 50.5 Å². The Kier molecular flexibility index (Phi) is 5.72. The SMILES string of the molecule is CC(C)OC(=O)c1ccc([C@@H]2O[C@H](CO)[C@@H](O)[C@H](O)[C@H]2O)cc1. The van der Waals surface area contributed by atoms with Crippen molar-refractivity contribution in [3.63, 3.8) is 0 Å². The predicted octanol–water partition coefficient (Wildman–Crippen LogP) is -0.233. The van der Waals surface area contributed by atoms with Crippen LogP contribution in [0, 0.1) is 0 Å². The lowest BCUT2D eigenvalue weighted by molar-refractivity contribution is -0.231. The van der Waals surface area contributed by atoms with Crippen molar-refractivity contribution in [1.82, 2.24) is 0 Å². The maximum atomic E-state index is 11.8. The van der Waals surface area contributed by atoms with E-state index in [0.717, 1.165) is 0 Å². The largest absolute Gasteiger partial charge is 0.459 e. The van der Waals surface area contributed by atoms with Crippen LogP contribution in [0.3, 0.4) is 0 Å². The highest BCUT2D eigenvalue weighted by Gasteiger charge is 2.43. The molecule has 7 nitrogen and oxygen atoms in total. The summed E-state index contributed by atoms with van der Waals surface area (Å²) in [7, 11) is 0. The Morgan fingerprint density at radius 1 is 1.13 bits per heavy atom. The quantitative estimate of drug-likeness (QED) is 0.565. The summed E-state index contributed by atoms with van der Waals surface area (Å²) in [6.45, 7) is 3.01. The first-order chi connectivity index (χ1) is 10.8. The number of rotatable bonds is 4. The van der Waals surface area contributed by atoms with Crippen molar-refractivity contribution < 1.29 is 34.7 Å². The Labute approximate surface area is 134 Å². The Morgan fingerprint density at radius 2 is 1.74 bits per heavy atom. The monoisotopic (exact) mass is 326 g/mol. The van der Waals surface area contributed by atoms with Crippen molar-refractivity contribution in [1.29, 1.82) is 0 Å². The molecule has 23 heavy (non-hydrogen) atoms. The predicted molar refractivity (Wildman–Crippen MR) is 79.7 cm³/mol. The molecular weight excluding hydrogens is 304 g/mol. The molecule has 4 N–H and O–H groups in total. The Bertz CT molecular complexity index is 526. The normalized spacial score (nSPS) is 31.2. The molecule has 0 saturated carbocycles. The topological polar surface area (TPSA) is 116 Å². The highest BCUT2D eigenvalue weighted by molar-refractivity contribution is 5.89. The fraction of sp³-hybridized carbons (Fsp3) is 0.562. The van der Waals surface area contributed by atoms with Crippen LogP contribution in [-0.2, 0) is 9.47 Å². The van der Waals surface area contributed by atoms with E-state index < -0.39 is 43.1 Å². The van der Waals surface area contributed by atoms with E-state index in [1.54, 1.807) is 26.0 Å². The lowest BCUT2D eigenvalue weighted by atomic mass is 9.91. The second-order valence-electron chi connectivity index (χ2n) is 5.83. The molecule has 5 atom stereocenters. The first-order valence-corrected chi connectivity index (χ1v) is 7.46. The Balaban J connectivity index is 2.16. The number of ether oxygens (including phenoxy) is 2. The third-order valence-electron chi connectivity index (χ3n) is 3.71. The van der Waals surface area contributed by atoms with Gasteiger partial charge in [-0.15, -0.1) is 0 Å². The van der Waals surface area contributed by atoms with Crippen LogP contribution in [0.2, 0.25) is 0 Å². The van der Waals surface area contributed by atoms with E-state index in [1.165, 1.54) is 12.1 Å². The minimum atomic E-state index is -1.43. The molecule has 0 aromatic heterocycles. The molecular formula is C16H22O7. The zero-order chi connectivity index (χ0) is 17.1. The summed E-state index contributed by atoms with van der Waals surface area (Å²) in [5, 5.41) is 38.8. The summed E-state index contributed by atoms with van der Waals surface area (Å²) in [5.74, 6) is -0.458. The summed E-state index contributed by atoms with van der Waals surface area (Å²) in [6.07, 6.45) is -6.29. The molecule has 7 heteroatoms. The average molecular weight is 326 g/mol. The summed E-state index contributed by atoms with van der Waals surface area (Å²) >= 11 is 0. The molecule has 1 heterocycles. The van der Waals surface area contributed by atoms with Crippen LogP contribution in [0.25, 0.3) is 0 Å². The zero-order valence-electron chi connectivity index (χ0n) is 13.0. The summed E-state index contributed by atoms with van der Waals surface area (Å²) in [6, 6.07) is 6.20. The number of carbonyl (C=O) groups is 1. The average Bonchev–Trinajstić information content (AvgIpc) is 2.52. The maximum Gasteiger partial charge on any atom is 0.338 e. The van der Waals surface area contributed by atoms with Gasteiger partial charge in [-0.3, -0.25) is 0 Å². The van der Waals surface area contributed by atoms with Gasteiger partial charge in [0.2, 0.25) is 0 Å². The van der Waals surface area contributed by atoms with Gasteiger partial charge in [0.1, 0.15) is 30.5 Å². The molecule has 1 aliphatic heterocycles. The van der Waals surface area contributed by atoms with E-state index in [1.807, 2.05) is 0 Å². The van der Waals surface area contributed by atoms with Gasteiger partial charge in [0.05, 0.1) is 18.3 Å². The van der Waals surface area contributed by atoms with Crippen molar-refractivity contribution in [3.8, 4) is 0 Å². The molecule has 1 aromatic rings. The fourth-order valence-corrected chi connectivity index (χ4v) is 2.47. The summed E-state index contributed by atoms with van der Waals surface area (Å²) in [4.78, 5) is 11.8. The number of aliphatic hydroxyl groups is 4. The molecule has 2 rings (SSSR count). The van der Waals surface area contributed by atoms with Crippen LogP contribution >= 0.6 is 0 Å². The molecule has 1 saturated heterocycles. The van der Waals surface area contributed by atoms with Crippen LogP contribution < -0.4 is 0 Å². The molecule has 1 aliphatic rings. The second kappa shape index (κ2) is 7.37. The van der Waals surface area contributed by atoms with Gasteiger partial charge in [-0.1, -0.05) is 12.1 Å². The standard InChI is InChI=1S/C16H22O7/c1-8(2)22-16(21)10-5-3-9(4-6-10)15-14(20)13(19)12(18)11(7-17)23-15/h3-6,8,11-15,17-20H,7H2,1-2H3/t11-,12-,13+,14-,15+/m1/s1. The van der Waals surface area contributed by atoms with Gasteiger partial charge in [0.25, 0.3) is 0 Å². The summed E-state index contributed by atoms with van der Waals surface area (Å²) < 4.78 is 10.5. The molecule has 0 radical (unpaired) electrons. The van der Waals surface area contributed by atoms with Crippen LogP contribution in [0.15, 0.2) is 24.3 Å². The first kappa shape index (κ1) is 17.8. The zero-order valence-corrected chi connectivity index (χ0v) is 13.0.